The van der Waals surface area contributed by atoms with E-state index in [2.05, 4.69) is 16.4 Å². The van der Waals surface area contributed by atoms with Crippen molar-refractivity contribution in [1.82, 2.24) is 15.0 Å². The molecular formula is C23H20N4O2. The van der Waals surface area contributed by atoms with Gasteiger partial charge in [0.05, 0.1) is 19.2 Å². The van der Waals surface area contributed by atoms with Crippen molar-refractivity contribution in [3.63, 3.8) is 0 Å². The van der Waals surface area contributed by atoms with Crippen LogP contribution in [0.15, 0.2) is 66.7 Å². The number of nitrogens with zero attached hydrogens (tertiary/aromatic N) is 4. The summed E-state index contributed by atoms with van der Waals surface area (Å²) in [4.78, 5) is 14.9. The summed E-state index contributed by atoms with van der Waals surface area (Å²) in [5, 5.41) is 8.56. The van der Waals surface area contributed by atoms with E-state index >= 15 is 0 Å². The average Bonchev–Trinajstić information content (AvgIpc) is 3.37. The second-order valence-corrected chi connectivity index (χ2v) is 7.14. The quantitative estimate of drug-likeness (QED) is 0.538. The number of aromatic nitrogens is 3. The van der Waals surface area contributed by atoms with Crippen LogP contribution in [0, 0.1) is 0 Å². The Kier molecular flexibility index (Phi) is 4.24. The second-order valence-electron chi connectivity index (χ2n) is 7.14. The van der Waals surface area contributed by atoms with E-state index in [1.807, 2.05) is 70.2 Å². The van der Waals surface area contributed by atoms with Crippen molar-refractivity contribution in [2.75, 3.05) is 18.6 Å². The number of rotatable bonds is 4. The van der Waals surface area contributed by atoms with Crippen LogP contribution < -0.4 is 9.64 Å². The van der Waals surface area contributed by atoms with Crippen LogP contribution in [0.3, 0.4) is 0 Å². The van der Waals surface area contributed by atoms with Crippen LogP contribution in [0.4, 0.5) is 5.69 Å². The molecule has 0 fully saturated rings. The highest BCUT2D eigenvalue weighted by Crippen LogP contribution is 2.29. The molecule has 0 N–H and O–H groups in total. The molecule has 0 saturated carbocycles. The maximum atomic E-state index is 13.1. The lowest BCUT2D eigenvalue weighted by atomic mass is 10.1. The Morgan fingerprint density at radius 2 is 1.97 bits per heavy atom. The van der Waals surface area contributed by atoms with Gasteiger partial charge in [-0.25, -0.2) is 4.68 Å². The van der Waals surface area contributed by atoms with Crippen molar-refractivity contribution in [3.8, 4) is 5.75 Å². The number of amides is 1. The summed E-state index contributed by atoms with van der Waals surface area (Å²) < 4.78 is 7.13. The number of hydrogen-bond donors (Lipinski definition) is 0. The minimum Gasteiger partial charge on any atom is -0.497 e. The average molecular weight is 384 g/mol. The molecule has 29 heavy (non-hydrogen) atoms. The summed E-state index contributed by atoms with van der Waals surface area (Å²) in [5.41, 5.74) is 5.52. The van der Waals surface area contributed by atoms with Crippen LogP contribution in [0.2, 0.25) is 0 Å². The van der Waals surface area contributed by atoms with E-state index in [0.717, 1.165) is 28.9 Å². The zero-order valence-corrected chi connectivity index (χ0v) is 16.1. The van der Waals surface area contributed by atoms with Gasteiger partial charge in [-0.05, 0) is 53.9 Å². The minimum absolute atomic E-state index is 0.000745. The smallest absolute Gasteiger partial charge is 0.258 e. The molecule has 5 rings (SSSR count). The van der Waals surface area contributed by atoms with Gasteiger partial charge in [0.25, 0.3) is 5.91 Å². The van der Waals surface area contributed by atoms with Crippen LogP contribution in [0.5, 0.6) is 5.75 Å². The monoisotopic (exact) mass is 384 g/mol. The Hall–Kier alpha value is -3.67. The first-order valence-electron chi connectivity index (χ1n) is 9.59. The lowest BCUT2D eigenvalue weighted by Gasteiger charge is -2.17. The third-order valence-electron chi connectivity index (χ3n) is 5.36. The summed E-state index contributed by atoms with van der Waals surface area (Å²) in [7, 11) is 1.65. The molecule has 1 amide bonds. The van der Waals surface area contributed by atoms with Crippen LogP contribution >= 0.6 is 0 Å². The van der Waals surface area contributed by atoms with Crippen LogP contribution in [-0.4, -0.2) is 34.6 Å². The van der Waals surface area contributed by atoms with Crippen molar-refractivity contribution < 1.29 is 9.53 Å². The number of fused-ring (bicyclic) bond motifs is 2. The summed E-state index contributed by atoms with van der Waals surface area (Å²) >= 11 is 0. The van der Waals surface area contributed by atoms with Crippen molar-refractivity contribution >= 4 is 22.6 Å². The fraction of sp³-hybridized carbons (Fsp3) is 0.174. The number of methoxy groups -OCH3 is 1. The molecule has 0 aliphatic carbocycles. The van der Waals surface area contributed by atoms with Gasteiger partial charge in [0, 0.05) is 17.8 Å². The summed E-state index contributed by atoms with van der Waals surface area (Å²) in [6.45, 7) is 1.29. The lowest BCUT2D eigenvalue weighted by Crippen LogP contribution is -2.28. The SMILES string of the molecule is COc1cccc(Cn2nnc3cc(C(=O)N4CCc5ccccc54)ccc32)c1. The summed E-state index contributed by atoms with van der Waals surface area (Å²) in [6, 6.07) is 21.6. The first-order valence-corrected chi connectivity index (χ1v) is 9.59. The third-order valence-corrected chi connectivity index (χ3v) is 5.36. The highest BCUT2D eigenvalue weighted by molar-refractivity contribution is 6.08. The summed E-state index contributed by atoms with van der Waals surface area (Å²) in [6.07, 6.45) is 0.890. The predicted molar refractivity (Wildman–Crippen MR) is 111 cm³/mol. The number of ether oxygens (including phenoxy) is 1. The van der Waals surface area contributed by atoms with E-state index < -0.39 is 0 Å². The number of carbonyl (C=O) groups is 1. The lowest BCUT2D eigenvalue weighted by molar-refractivity contribution is 0.0989. The number of para-hydroxylation sites is 1. The normalized spacial score (nSPS) is 12.9. The fourth-order valence-electron chi connectivity index (χ4n) is 3.87. The standard InChI is InChI=1S/C23H20N4O2/c1-29-19-7-4-5-16(13-19)15-27-22-10-9-18(14-20(22)24-25-27)23(28)26-12-11-17-6-2-3-8-21(17)26/h2-10,13-14H,11-12,15H2,1H3. The van der Waals surface area contributed by atoms with E-state index in [9.17, 15) is 4.79 Å². The Labute approximate surface area is 168 Å². The molecule has 1 aliphatic rings. The number of benzene rings is 3. The second kappa shape index (κ2) is 7.05. The zero-order valence-electron chi connectivity index (χ0n) is 16.1. The van der Waals surface area contributed by atoms with Gasteiger partial charge in [-0.3, -0.25) is 4.79 Å². The first-order chi connectivity index (χ1) is 14.2. The Bertz CT molecular complexity index is 1210. The Morgan fingerprint density at radius 3 is 2.86 bits per heavy atom. The van der Waals surface area contributed by atoms with Gasteiger partial charge in [-0.2, -0.15) is 0 Å². The van der Waals surface area contributed by atoms with E-state index in [-0.39, 0.29) is 5.91 Å². The molecule has 1 aliphatic heterocycles. The maximum absolute atomic E-state index is 13.1. The molecule has 1 aromatic heterocycles. The molecule has 6 nitrogen and oxygen atoms in total. The van der Waals surface area contributed by atoms with Crippen LogP contribution in [0.25, 0.3) is 11.0 Å². The van der Waals surface area contributed by atoms with Crippen molar-refractivity contribution in [1.29, 1.82) is 0 Å². The Morgan fingerprint density at radius 1 is 1.07 bits per heavy atom. The largest absolute Gasteiger partial charge is 0.497 e. The van der Waals surface area contributed by atoms with Gasteiger partial charge in [-0.15, -0.1) is 5.10 Å². The van der Waals surface area contributed by atoms with Gasteiger partial charge in [0.15, 0.2) is 0 Å². The molecule has 4 aromatic rings. The molecule has 0 spiro atoms. The van der Waals surface area contributed by atoms with Gasteiger partial charge in [0.1, 0.15) is 11.3 Å². The van der Waals surface area contributed by atoms with E-state index in [1.54, 1.807) is 7.11 Å². The zero-order chi connectivity index (χ0) is 19.8. The van der Waals surface area contributed by atoms with Gasteiger partial charge in [0.2, 0.25) is 0 Å². The summed E-state index contributed by atoms with van der Waals surface area (Å²) in [5.74, 6) is 0.810. The van der Waals surface area contributed by atoms with E-state index in [1.165, 1.54) is 5.56 Å². The third kappa shape index (κ3) is 3.12. The number of anilines is 1. The minimum atomic E-state index is -0.000745. The molecule has 3 aromatic carbocycles. The van der Waals surface area contributed by atoms with Crippen molar-refractivity contribution in [2.24, 2.45) is 0 Å². The number of hydrogen-bond acceptors (Lipinski definition) is 4. The predicted octanol–water partition coefficient (Wildman–Crippen LogP) is 3.69. The van der Waals surface area contributed by atoms with Crippen LogP contribution in [0.1, 0.15) is 21.5 Å². The molecule has 0 bridgehead atoms. The van der Waals surface area contributed by atoms with Gasteiger partial charge >= 0.3 is 0 Å². The molecule has 0 radical (unpaired) electrons. The highest BCUT2D eigenvalue weighted by atomic mass is 16.5. The van der Waals surface area contributed by atoms with E-state index in [4.69, 9.17) is 4.74 Å². The molecule has 0 atom stereocenters. The Balaban J connectivity index is 1.43. The maximum Gasteiger partial charge on any atom is 0.258 e. The van der Waals surface area contributed by atoms with Crippen molar-refractivity contribution in [2.45, 2.75) is 13.0 Å². The molecule has 6 heteroatoms. The van der Waals surface area contributed by atoms with Crippen molar-refractivity contribution in [3.05, 3.63) is 83.4 Å². The first kappa shape index (κ1) is 17.4. The molecule has 0 unspecified atom stereocenters. The fourth-order valence-corrected chi connectivity index (χ4v) is 3.87. The number of carbonyl (C=O) groups excluding carboxylic acids is 1. The van der Waals surface area contributed by atoms with Gasteiger partial charge < -0.3 is 9.64 Å². The highest BCUT2D eigenvalue weighted by Gasteiger charge is 2.25. The molecule has 0 saturated heterocycles. The molecule has 144 valence electrons. The van der Waals surface area contributed by atoms with Crippen LogP contribution in [-0.2, 0) is 13.0 Å². The van der Waals surface area contributed by atoms with Gasteiger partial charge in [-0.1, -0.05) is 35.5 Å². The molecular weight excluding hydrogens is 364 g/mol. The van der Waals surface area contributed by atoms with E-state index in [0.29, 0.717) is 24.2 Å². The molecule has 2 heterocycles. The topological polar surface area (TPSA) is 60.2 Å².